The van der Waals surface area contributed by atoms with Crippen molar-refractivity contribution in [1.82, 2.24) is 4.57 Å². The van der Waals surface area contributed by atoms with Gasteiger partial charge in [-0.2, -0.15) is 0 Å². The number of aryl methyl sites for hydroxylation is 1. The number of fused-ring (bicyclic) bond motifs is 2. The summed E-state index contributed by atoms with van der Waals surface area (Å²) in [5.74, 6) is -0.606. The average Bonchev–Trinajstić information content (AvgIpc) is 3.44. The van der Waals surface area contributed by atoms with Crippen molar-refractivity contribution < 1.29 is 14.5 Å². The Hall–Kier alpha value is -4.62. The number of hydrogen-bond acceptors (Lipinski definition) is 4. The highest BCUT2D eigenvalue weighted by molar-refractivity contribution is 6.31. The molecule has 1 aromatic heterocycles. The molecule has 7 nitrogen and oxygen atoms in total. The molecule has 0 fully saturated rings. The molecule has 2 heterocycles. The van der Waals surface area contributed by atoms with Crippen molar-refractivity contribution in [2.24, 2.45) is 7.05 Å². The molecule has 0 aliphatic carbocycles. The average molecular weight is 566 g/mol. The van der Waals surface area contributed by atoms with E-state index in [-0.39, 0.29) is 10.8 Å². The van der Waals surface area contributed by atoms with Gasteiger partial charge in [0.15, 0.2) is 0 Å². The van der Waals surface area contributed by atoms with Gasteiger partial charge >= 0.3 is 0 Å². The predicted molar refractivity (Wildman–Crippen MR) is 160 cm³/mol. The summed E-state index contributed by atoms with van der Waals surface area (Å²) in [4.78, 5) is 29.1. The van der Waals surface area contributed by atoms with Gasteiger partial charge in [0.05, 0.1) is 19.6 Å². The Kier molecular flexibility index (Phi) is 6.75. The number of nitrogens with zero attached hydrogens (tertiary/aromatic N) is 3. The summed E-state index contributed by atoms with van der Waals surface area (Å²) < 4.78 is 7.61. The Labute approximate surface area is 242 Å². The Morgan fingerprint density at radius 2 is 1.66 bits per heavy atom. The van der Waals surface area contributed by atoms with E-state index in [0.717, 1.165) is 16.5 Å². The number of ether oxygens (including phenoxy) is 1. The highest BCUT2D eigenvalue weighted by Crippen LogP contribution is 2.57. The van der Waals surface area contributed by atoms with E-state index < -0.39 is 17.9 Å². The monoisotopic (exact) mass is 565 g/mol. The van der Waals surface area contributed by atoms with Crippen LogP contribution in [0.3, 0.4) is 0 Å². The number of benzene rings is 4. The number of nitro groups is 1. The molecular weight excluding hydrogens is 538 g/mol. The van der Waals surface area contributed by atoms with Crippen LogP contribution >= 0.6 is 11.6 Å². The lowest BCUT2D eigenvalue weighted by molar-refractivity contribution is -0.484. The van der Waals surface area contributed by atoms with Crippen molar-refractivity contribution in [2.75, 3.05) is 18.6 Å². The minimum absolute atomic E-state index is 0.243. The number of rotatable bonds is 8. The van der Waals surface area contributed by atoms with Gasteiger partial charge in [-0.1, -0.05) is 78.3 Å². The molecule has 206 valence electrons. The molecule has 0 saturated carbocycles. The first-order valence-electron chi connectivity index (χ1n) is 13.3. The molecular formula is C33H28ClN3O4. The summed E-state index contributed by atoms with van der Waals surface area (Å²) in [5, 5.41) is 13.6. The Balaban J connectivity index is 1.74. The normalized spacial score (nSPS) is 17.0. The first-order chi connectivity index (χ1) is 19.9. The topological polar surface area (TPSA) is 77.6 Å². The van der Waals surface area contributed by atoms with Crippen LogP contribution in [0.2, 0.25) is 5.02 Å². The second-order valence-corrected chi connectivity index (χ2v) is 10.7. The molecule has 1 aliphatic rings. The van der Waals surface area contributed by atoms with Crippen molar-refractivity contribution in [3.8, 4) is 5.75 Å². The van der Waals surface area contributed by atoms with Crippen LogP contribution < -0.4 is 9.64 Å². The molecule has 0 unspecified atom stereocenters. The predicted octanol–water partition coefficient (Wildman–Crippen LogP) is 6.73. The number of aromatic nitrogens is 1. The number of methoxy groups -OCH3 is 1. The molecule has 2 atom stereocenters. The van der Waals surface area contributed by atoms with Gasteiger partial charge < -0.3 is 14.2 Å². The zero-order valence-electron chi connectivity index (χ0n) is 22.7. The van der Waals surface area contributed by atoms with Gasteiger partial charge in [0.25, 0.3) is 0 Å². The smallest absolute Gasteiger partial charge is 0.243 e. The molecule has 6 rings (SSSR count). The number of carbonyl (C=O) groups excluding carboxylic acids is 1. The molecule has 0 radical (unpaired) electrons. The van der Waals surface area contributed by atoms with E-state index in [1.807, 2.05) is 90.6 Å². The maximum atomic E-state index is 15.3. The van der Waals surface area contributed by atoms with Crippen LogP contribution in [0.4, 0.5) is 5.69 Å². The molecule has 1 aliphatic heterocycles. The molecule has 0 bridgehead atoms. The van der Waals surface area contributed by atoms with Crippen LogP contribution in [0.1, 0.15) is 28.2 Å². The third kappa shape index (κ3) is 4.24. The second-order valence-electron chi connectivity index (χ2n) is 10.3. The highest BCUT2D eigenvalue weighted by atomic mass is 35.5. The number of anilines is 1. The van der Waals surface area contributed by atoms with Crippen molar-refractivity contribution in [3.05, 3.63) is 141 Å². The van der Waals surface area contributed by atoms with Gasteiger partial charge in [0.2, 0.25) is 12.5 Å². The quantitative estimate of drug-likeness (QED) is 0.154. The van der Waals surface area contributed by atoms with Gasteiger partial charge in [-0.3, -0.25) is 14.9 Å². The zero-order chi connectivity index (χ0) is 28.7. The molecule has 41 heavy (non-hydrogen) atoms. The van der Waals surface area contributed by atoms with E-state index in [1.165, 1.54) is 0 Å². The number of carbonyl (C=O) groups is 1. The fourth-order valence-electron chi connectivity index (χ4n) is 6.37. The first kappa shape index (κ1) is 26.6. The van der Waals surface area contributed by atoms with Crippen LogP contribution in [-0.2, 0) is 23.8 Å². The lowest BCUT2D eigenvalue weighted by Crippen LogP contribution is -2.47. The lowest BCUT2D eigenvalue weighted by atomic mass is 9.64. The van der Waals surface area contributed by atoms with Gasteiger partial charge in [0, 0.05) is 45.3 Å². The van der Waals surface area contributed by atoms with Crippen LogP contribution in [-0.4, -0.2) is 29.1 Å². The van der Waals surface area contributed by atoms with Crippen LogP contribution in [0.15, 0.2) is 103 Å². The fourth-order valence-corrected chi connectivity index (χ4v) is 6.64. The Morgan fingerprint density at radius 1 is 0.951 bits per heavy atom. The van der Waals surface area contributed by atoms with E-state index in [0.29, 0.717) is 39.7 Å². The zero-order valence-corrected chi connectivity index (χ0v) is 23.4. The largest absolute Gasteiger partial charge is 0.497 e. The molecule has 4 aromatic carbocycles. The summed E-state index contributed by atoms with van der Waals surface area (Å²) in [6.07, 6.45) is 1.93. The van der Waals surface area contributed by atoms with Crippen molar-refractivity contribution in [1.29, 1.82) is 0 Å². The van der Waals surface area contributed by atoms with Gasteiger partial charge in [-0.05, 0) is 47.0 Å². The van der Waals surface area contributed by atoms with Gasteiger partial charge in [-0.25, -0.2) is 0 Å². The number of halogens is 1. The standard InChI is InChI=1S/C33H28ClN3O4/c1-35-20-27(25-13-7-9-15-30(25)35)33(28(21-37(39)40)24-12-6-8-14-29(24)34)26-18-23(41-2)16-17-31(26)36(32(33)38)19-22-10-4-3-5-11-22/h3-18,20,28H,19,21H2,1-2H3/t28-,33+/m1/s1. The third-order valence-corrected chi connectivity index (χ3v) is 8.49. The van der Waals surface area contributed by atoms with E-state index in [1.54, 1.807) is 36.3 Å². The molecule has 8 heteroatoms. The summed E-state index contributed by atoms with van der Waals surface area (Å²) in [6, 6.07) is 30.2. The summed E-state index contributed by atoms with van der Waals surface area (Å²) in [6.45, 7) is -0.201. The van der Waals surface area contributed by atoms with E-state index in [4.69, 9.17) is 16.3 Å². The van der Waals surface area contributed by atoms with Crippen molar-refractivity contribution >= 4 is 34.1 Å². The number of para-hydroxylation sites is 1. The molecule has 0 saturated heterocycles. The van der Waals surface area contributed by atoms with E-state index in [9.17, 15) is 10.1 Å². The van der Waals surface area contributed by atoms with Gasteiger partial charge in [0.1, 0.15) is 11.2 Å². The van der Waals surface area contributed by atoms with Crippen molar-refractivity contribution in [2.45, 2.75) is 17.9 Å². The Morgan fingerprint density at radius 3 is 2.39 bits per heavy atom. The maximum Gasteiger partial charge on any atom is 0.243 e. The second kappa shape index (κ2) is 10.4. The number of amides is 1. The first-order valence-corrected chi connectivity index (χ1v) is 13.7. The van der Waals surface area contributed by atoms with Crippen LogP contribution in [0.25, 0.3) is 10.9 Å². The van der Waals surface area contributed by atoms with Crippen LogP contribution in [0, 0.1) is 10.1 Å². The molecule has 0 spiro atoms. The third-order valence-electron chi connectivity index (χ3n) is 8.14. The van der Waals surface area contributed by atoms with Gasteiger partial charge in [-0.15, -0.1) is 0 Å². The molecule has 1 amide bonds. The summed E-state index contributed by atoms with van der Waals surface area (Å²) >= 11 is 6.78. The Bertz CT molecular complexity index is 1780. The van der Waals surface area contributed by atoms with E-state index >= 15 is 4.79 Å². The minimum Gasteiger partial charge on any atom is -0.497 e. The van der Waals surface area contributed by atoms with Crippen molar-refractivity contribution in [3.63, 3.8) is 0 Å². The summed E-state index contributed by atoms with van der Waals surface area (Å²) in [7, 11) is 3.49. The number of hydrogen-bond donors (Lipinski definition) is 0. The SMILES string of the molecule is COc1ccc2c(c1)[C@](c1cn(C)c3ccccc13)([C@H](C[N+](=O)[O-])c1ccccc1Cl)C(=O)N2Cc1ccccc1. The highest BCUT2D eigenvalue weighted by Gasteiger charge is 2.60. The lowest BCUT2D eigenvalue weighted by Gasteiger charge is -2.36. The summed E-state index contributed by atoms with van der Waals surface area (Å²) in [5.41, 5.74) is 2.96. The molecule has 0 N–H and O–H groups in total. The fraction of sp³-hybridized carbons (Fsp3) is 0.182. The minimum atomic E-state index is -1.47. The van der Waals surface area contributed by atoms with Crippen LogP contribution in [0.5, 0.6) is 5.75 Å². The van der Waals surface area contributed by atoms with E-state index in [2.05, 4.69) is 0 Å². The molecule has 5 aromatic rings. The maximum absolute atomic E-state index is 15.3.